The summed E-state index contributed by atoms with van der Waals surface area (Å²) in [6.07, 6.45) is 26.9. The lowest BCUT2D eigenvalue weighted by atomic mass is 10.1. The van der Waals surface area contributed by atoms with Gasteiger partial charge in [-0.25, -0.2) is 0 Å². The molecule has 0 aromatic heterocycles. The van der Waals surface area contributed by atoms with Gasteiger partial charge in [0, 0.05) is 18.5 Å². The second kappa shape index (κ2) is 25.2. The van der Waals surface area contributed by atoms with Gasteiger partial charge in [-0.15, -0.1) is 0 Å². The third kappa shape index (κ3) is 22.4. The van der Waals surface area contributed by atoms with Crippen molar-refractivity contribution in [1.82, 2.24) is 0 Å². The van der Waals surface area contributed by atoms with E-state index in [1.807, 2.05) is 0 Å². The van der Waals surface area contributed by atoms with Gasteiger partial charge in [0.15, 0.2) is 0 Å². The number of unbranched alkanes of at least 4 members (excludes halogenated alkanes) is 15. The largest absolute Gasteiger partial charge is 0.412 e. The molecule has 0 aliphatic rings. The van der Waals surface area contributed by atoms with Gasteiger partial charge in [-0.2, -0.15) is 0 Å². The van der Waals surface area contributed by atoms with Crippen molar-refractivity contribution in [2.75, 3.05) is 18.5 Å². The molecule has 0 saturated heterocycles. The Labute approximate surface area is 177 Å². The van der Waals surface area contributed by atoms with Crippen molar-refractivity contribution in [3.8, 4) is 0 Å². The van der Waals surface area contributed by atoms with Crippen LogP contribution in [0.4, 0.5) is 0 Å². The third-order valence-electron chi connectivity index (χ3n) is 5.76. The standard InChI is InChI=1S/C24H51OP.2H2O/c1-4-7-10-13-16-19-22-26(25,23-20-17-14-11-8-5-2)24-21-18-15-12-9-6-3;;/h4-24H2,1-3H3;2*1H2. The Hall–Kier alpha value is 0.150. The molecule has 3 nitrogen and oxygen atoms in total. The first-order chi connectivity index (χ1) is 12.7. The highest BCUT2D eigenvalue weighted by molar-refractivity contribution is 7.63. The fourth-order valence-electron chi connectivity index (χ4n) is 3.88. The lowest BCUT2D eigenvalue weighted by Crippen LogP contribution is -2.02. The molecule has 0 aromatic carbocycles. The topological polar surface area (TPSA) is 80.1 Å². The molecule has 0 atom stereocenters. The molecule has 0 saturated carbocycles. The summed E-state index contributed by atoms with van der Waals surface area (Å²) >= 11 is 0. The molecule has 0 aliphatic heterocycles. The quantitative estimate of drug-likeness (QED) is 0.137. The first-order valence-corrected chi connectivity index (χ1v) is 14.5. The van der Waals surface area contributed by atoms with Crippen molar-refractivity contribution < 1.29 is 15.5 Å². The van der Waals surface area contributed by atoms with Crippen LogP contribution in [-0.4, -0.2) is 29.4 Å². The van der Waals surface area contributed by atoms with Crippen LogP contribution in [0.5, 0.6) is 0 Å². The fourth-order valence-corrected chi connectivity index (χ4v) is 6.95. The minimum atomic E-state index is -1.89. The molecule has 0 spiro atoms. The van der Waals surface area contributed by atoms with Crippen molar-refractivity contribution in [2.45, 2.75) is 136 Å². The first kappa shape index (κ1) is 32.8. The lowest BCUT2D eigenvalue weighted by Gasteiger charge is -2.18. The van der Waals surface area contributed by atoms with Crippen molar-refractivity contribution in [2.24, 2.45) is 0 Å². The summed E-state index contributed by atoms with van der Waals surface area (Å²) in [5.41, 5.74) is 0. The van der Waals surface area contributed by atoms with Crippen LogP contribution < -0.4 is 0 Å². The summed E-state index contributed by atoms with van der Waals surface area (Å²) in [6.45, 7) is 6.82. The van der Waals surface area contributed by atoms with Crippen molar-refractivity contribution in [1.29, 1.82) is 0 Å². The van der Waals surface area contributed by atoms with Gasteiger partial charge in [0.05, 0.1) is 7.14 Å². The lowest BCUT2D eigenvalue weighted by molar-refractivity contribution is 0.555. The fraction of sp³-hybridized carbons (Fsp3) is 1.00. The van der Waals surface area contributed by atoms with E-state index in [-0.39, 0.29) is 11.0 Å². The number of hydrogen-bond acceptors (Lipinski definition) is 1. The molecular formula is C24H55O3P. The van der Waals surface area contributed by atoms with Crippen LogP contribution in [0.1, 0.15) is 136 Å². The Morgan fingerprint density at radius 3 is 0.857 bits per heavy atom. The summed E-state index contributed by atoms with van der Waals surface area (Å²) in [5.74, 6) is 0. The van der Waals surface area contributed by atoms with Crippen LogP contribution in [0.25, 0.3) is 0 Å². The molecule has 0 fully saturated rings. The molecular weight excluding hydrogens is 367 g/mol. The van der Waals surface area contributed by atoms with Crippen molar-refractivity contribution >= 4 is 7.14 Å². The minimum Gasteiger partial charge on any atom is -0.412 e. The molecule has 4 heteroatoms. The maximum atomic E-state index is 13.5. The van der Waals surface area contributed by atoms with Crippen LogP contribution in [0.15, 0.2) is 0 Å². The average molecular weight is 423 g/mol. The summed E-state index contributed by atoms with van der Waals surface area (Å²) in [6, 6.07) is 0. The van der Waals surface area contributed by atoms with Crippen LogP contribution in [-0.2, 0) is 4.57 Å². The zero-order chi connectivity index (χ0) is 19.3. The molecule has 0 radical (unpaired) electrons. The minimum absolute atomic E-state index is 0. The molecule has 4 N–H and O–H groups in total. The second-order valence-corrected chi connectivity index (χ2v) is 12.0. The Morgan fingerprint density at radius 2 is 0.607 bits per heavy atom. The molecule has 28 heavy (non-hydrogen) atoms. The summed E-state index contributed by atoms with van der Waals surface area (Å²) in [7, 11) is -1.89. The molecule has 0 bridgehead atoms. The highest BCUT2D eigenvalue weighted by atomic mass is 31.2. The average Bonchev–Trinajstić information content (AvgIpc) is 2.64. The summed E-state index contributed by atoms with van der Waals surface area (Å²) in [5, 5.41) is 0. The molecule has 0 unspecified atom stereocenters. The number of hydrogen-bond donors (Lipinski definition) is 0. The van der Waals surface area contributed by atoms with E-state index < -0.39 is 7.14 Å². The molecule has 174 valence electrons. The van der Waals surface area contributed by atoms with E-state index in [2.05, 4.69) is 20.8 Å². The highest BCUT2D eigenvalue weighted by Crippen LogP contribution is 2.48. The maximum Gasteiger partial charge on any atom is 0.0877 e. The zero-order valence-electron chi connectivity index (χ0n) is 19.7. The SMILES string of the molecule is CCCCCCCCP(=O)(CCCCCCCC)CCCCCCCC.O.O. The van der Waals surface area contributed by atoms with Crippen LogP contribution in [0.3, 0.4) is 0 Å². The Morgan fingerprint density at radius 1 is 0.393 bits per heavy atom. The molecule has 0 aromatic rings. The van der Waals surface area contributed by atoms with Gasteiger partial charge < -0.3 is 15.5 Å². The van der Waals surface area contributed by atoms with E-state index in [1.165, 1.54) is 116 Å². The predicted octanol–water partition coefficient (Wildman–Crippen LogP) is 7.78. The van der Waals surface area contributed by atoms with E-state index in [0.29, 0.717) is 0 Å². The van der Waals surface area contributed by atoms with Gasteiger partial charge >= 0.3 is 0 Å². The van der Waals surface area contributed by atoms with Crippen LogP contribution in [0.2, 0.25) is 0 Å². The van der Waals surface area contributed by atoms with E-state index in [4.69, 9.17) is 0 Å². The van der Waals surface area contributed by atoms with Gasteiger partial charge in [-0.1, -0.05) is 117 Å². The van der Waals surface area contributed by atoms with Crippen LogP contribution in [0, 0.1) is 0 Å². The normalized spacial score (nSPS) is 11.1. The van der Waals surface area contributed by atoms with Gasteiger partial charge in [-0.05, 0) is 19.3 Å². The number of rotatable bonds is 21. The van der Waals surface area contributed by atoms with Gasteiger partial charge in [0.25, 0.3) is 0 Å². The van der Waals surface area contributed by atoms with E-state index >= 15 is 0 Å². The van der Waals surface area contributed by atoms with E-state index in [0.717, 1.165) is 18.5 Å². The van der Waals surface area contributed by atoms with E-state index in [1.54, 1.807) is 0 Å². The smallest absolute Gasteiger partial charge is 0.0877 e. The second-order valence-electron chi connectivity index (χ2n) is 8.53. The highest BCUT2D eigenvalue weighted by Gasteiger charge is 2.20. The zero-order valence-corrected chi connectivity index (χ0v) is 20.6. The van der Waals surface area contributed by atoms with Crippen LogP contribution >= 0.6 is 7.14 Å². The van der Waals surface area contributed by atoms with Crippen molar-refractivity contribution in [3.63, 3.8) is 0 Å². The first-order valence-electron chi connectivity index (χ1n) is 12.3. The summed E-state index contributed by atoms with van der Waals surface area (Å²) < 4.78 is 13.5. The Balaban J connectivity index is -0.00000312. The van der Waals surface area contributed by atoms with E-state index in [9.17, 15) is 4.57 Å². The predicted molar refractivity (Wildman–Crippen MR) is 130 cm³/mol. The maximum absolute atomic E-state index is 13.5. The van der Waals surface area contributed by atoms with Gasteiger partial charge in [-0.3, -0.25) is 0 Å². The van der Waals surface area contributed by atoms with Crippen molar-refractivity contribution in [3.05, 3.63) is 0 Å². The molecule has 0 rings (SSSR count). The molecule has 0 aliphatic carbocycles. The Bertz CT molecular complexity index is 273. The Kier molecular flexibility index (Phi) is 29.5. The molecule has 0 amide bonds. The van der Waals surface area contributed by atoms with Gasteiger partial charge in [0.2, 0.25) is 0 Å². The van der Waals surface area contributed by atoms with Gasteiger partial charge in [0.1, 0.15) is 0 Å². The summed E-state index contributed by atoms with van der Waals surface area (Å²) in [4.78, 5) is 0. The molecule has 0 heterocycles. The third-order valence-corrected chi connectivity index (χ3v) is 9.15. The monoisotopic (exact) mass is 422 g/mol.